The lowest BCUT2D eigenvalue weighted by Gasteiger charge is -2.09. The Balaban J connectivity index is 2.01. The first-order valence-electron chi connectivity index (χ1n) is 6.92. The van der Waals surface area contributed by atoms with Gasteiger partial charge in [-0.1, -0.05) is 0 Å². The highest BCUT2D eigenvalue weighted by Crippen LogP contribution is 2.15. The number of methoxy groups -OCH3 is 1. The van der Waals surface area contributed by atoms with Gasteiger partial charge in [-0.05, 0) is 38.1 Å². The van der Waals surface area contributed by atoms with Crippen molar-refractivity contribution < 1.29 is 9.53 Å². The van der Waals surface area contributed by atoms with E-state index in [1.165, 1.54) is 0 Å². The number of carbonyl (C=O) groups excluding carboxylic acids is 1. The van der Waals surface area contributed by atoms with Crippen molar-refractivity contribution in [3.8, 4) is 5.75 Å². The van der Waals surface area contributed by atoms with E-state index in [4.69, 9.17) is 4.74 Å². The van der Waals surface area contributed by atoms with Crippen molar-refractivity contribution in [2.75, 3.05) is 29.6 Å². The Bertz CT molecular complexity index is 643. The van der Waals surface area contributed by atoms with Crippen molar-refractivity contribution in [1.29, 1.82) is 0 Å². The van der Waals surface area contributed by atoms with Crippen LogP contribution in [-0.2, 0) is 0 Å². The third-order valence-corrected chi connectivity index (χ3v) is 2.79. The predicted molar refractivity (Wildman–Crippen MR) is 86.6 cm³/mol. The molecule has 0 aliphatic heterocycles. The van der Waals surface area contributed by atoms with E-state index < -0.39 is 6.03 Å². The summed E-state index contributed by atoms with van der Waals surface area (Å²) in [6.45, 7) is 4.56. The second-order valence-electron chi connectivity index (χ2n) is 4.56. The quantitative estimate of drug-likeness (QED) is 0.790. The van der Waals surface area contributed by atoms with Crippen LogP contribution >= 0.6 is 0 Å². The minimum Gasteiger partial charge on any atom is -0.497 e. The number of hydrogen-bond donors (Lipinski definition) is 3. The highest BCUT2D eigenvalue weighted by molar-refractivity contribution is 5.98. The molecule has 1 aromatic heterocycles. The molecule has 22 heavy (non-hydrogen) atoms. The monoisotopic (exact) mass is 301 g/mol. The Labute approximate surface area is 129 Å². The van der Waals surface area contributed by atoms with E-state index in [9.17, 15) is 4.79 Å². The number of nitrogens with zero attached hydrogens (tertiary/aromatic N) is 2. The molecule has 3 N–H and O–H groups in total. The summed E-state index contributed by atoms with van der Waals surface area (Å²) in [6.07, 6.45) is 0. The zero-order valence-electron chi connectivity index (χ0n) is 12.8. The smallest absolute Gasteiger partial charge is 0.326 e. The van der Waals surface area contributed by atoms with Crippen LogP contribution in [-0.4, -0.2) is 29.7 Å². The average molecular weight is 301 g/mol. The Morgan fingerprint density at radius 2 is 1.91 bits per heavy atom. The zero-order chi connectivity index (χ0) is 15.9. The minimum atomic E-state index is -0.404. The van der Waals surface area contributed by atoms with Crippen molar-refractivity contribution in [1.82, 2.24) is 9.97 Å². The van der Waals surface area contributed by atoms with Gasteiger partial charge in [0.25, 0.3) is 0 Å². The maximum absolute atomic E-state index is 12.0. The summed E-state index contributed by atoms with van der Waals surface area (Å²) in [7, 11) is 1.59. The molecule has 1 aromatic carbocycles. The van der Waals surface area contributed by atoms with Gasteiger partial charge in [-0.3, -0.25) is 5.32 Å². The maximum atomic E-state index is 12.0. The largest absolute Gasteiger partial charge is 0.497 e. The van der Waals surface area contributed by atoms with E-state index in [1.807, 2.05) is 19.9 Å². The molecule has 0 spiro atoms. The van der Waals surface area contributed by atoms with Crippen LogP contribution < -0.4 is 20.7 Å². The van der Waals surface area contributed by atoms with Gasteiger partial charge in [0.05, 0.1) is 7.11 Å². The fourth-order valence-corrected chi connectivity index (χ4v) is 1.83. The van der Waals surface area contributed by atoms with Gasteiger partial charge in [-0.15, -0.1) is 0 Å². The number of carbonyl (C=O) groups is 1. The topological polar surface area (TPSA) is 88.2 Å². The van der Waals surface area contributed by atoms with Crippen molar-refractivity contribution in [3.63, 3.8) is 0 Å². The number of nitrogens with one attached hydrogen (secondary N) is 3. The van der Waals surface area contributed by atoms with Crippen molar-refractivity contribution >= 4 is 23.5 Å². The molecule has 0 saturated heterocycles. The molecule has 0 radical (unpaired) electrons. The molecule has 0 saturated carbocycles. The molecule has 1 heterocycles. The predicted octanol–water partition coefficient (Wildman–Crippen LogP) is 2.87. The zero-order valence-corrected chi connectivity index (χ0v) is 12.8. The van der Waals surface area contributed by atoms with Gasteiger partial charge in [0.15, 0.2) is 0 Å². The Morgan fingerprint density at radius 1 is 1.18 bits per heavy atom. The normalized spacial score (nSPS) is 9.95. The summed E-state index contributed by atoms with van der Waals surface area (Å²) in [4.78, 5) is 20.4. The van der Waals surface area contributed by atoms with Gasteiger partial charge >= 0.3 is 6.03 Å². The summed E-state index contributed by atoms with van der Waals surface area (Å²) in [6, 6.07) is 8.44. The van der Waals surface area contributed by atoms with Gasteiger partial charge in [-0.2, -0.15) is 4.98 Å². The second-order valence-corrected chi connectivity index (χ2v) is 4.56. The molecular formula is C15H19N5O2. The van der Waals surface area contributed by atoms with E-state index in [0.717, 1.165) is 18.0 Å². The number of amides is 2. The highest BCUT2D eigenvalue weighted by atomic mass is 16.5. The lowest BCUT2D eigenvalue weighted by Crippen LogP contribution is -2.21. The van der Waals surface area contributed by atoms with E-state index in [0.29, 0.717) is 11.5 Å². The van der Waals surface area contributed by atoms with Crippen LogP contribution in [0.2, 0.25) is 0 Å². The Kier molecular flexibility index (Phi) is 5.13. The number of hydrogen-bond acceptors (Lipinski definition) is 5. The third kappa shape index (κ3) is 4.34. The van der Waals surface area contributed by atoms with Gasteiger partial charge in [-0.25, -0.2) is 9.78 Å². The number of benzene rings is 1. The molecule has 0 bridgehead atoms. The fourth-order valence-electron chi connectivity index (χ4n) is 1.83. The average Bonchev–Trinajstić information content (AvgIpc) is 2.47. The molecule has 2 rings (SSSR count). The molecule has 0 aliphatic carbocycles. The van der Waals surface area contributed by atoms with Crippen molar-refractivity contribution in [3.05, 3.63) is 36.0 Å². The number of aromatic nitrogens is 2. The van der Waals surface area contributed by atoms with E-state index >= 15 is 0 Å². The van der Waals surface area contributed by atoms with Crippen LogP contribution in [0, 0.1) is 6.92 Å². The lowest BCUT2D eigenvalue weighted by molar-refractivity contribution is 0.262. The summed E-state index contributed by atoms with van der Waals surface area (Å²) in [5.74, 6) is 1.65. The van der Waals surface area contributed by atoms with E-state index in [-0.39, 0.29) is 5.95 Å². The lowest BCUT2D eigenvalue weighted by atomic mass is 10.3. The summed E-state index contributed by atoms with van der Waals surface area (Å²) >= 11 is 0. The SMILES string of the molecule is CCNc1cc(C)nc(NC(=O)Nc2ccc(OC)cc2)n1. The molecule has 2 aromatic rings. The van der Waals surface area contributed by atoms with Gasteiger partial charge in [0.1, 0.15) is 11.6 Å². The first-order valence-corrected chi connectivity index (χ1v) is 6.92. The van der Waals surface area contributed by atoms with E-state index in [1.54, 1.807) is 31.4 Å². The summed E-state index contributed by atoms with van der Waals surface area (Å²) in [5.41, 5.74) is 1.42. The Morgan fingerprint density at radius 3 is 2.55 bits per heavy atom. The summed E-state index contributed by atoms with van der Waals surface area (Å²) < 4.78 is 5.06. The Hall–Kier alpha value is -2.83. The molecule has 0 unspecified atom stereocenters. The molecule has 7 heteroatoms. The van der Waals surface area contributed by atoms with Crippen LogP contribution in [0.4, 0.5) is 22.2 Å². The van der Waals surface area contributed by atoms with E-state index in [2.05, 4.69) is 25.9 Å². The first-order chi connectivity index (χ1) is 10.6. The molecule has 116 valence electrons. The molecule has 0 atom stereocenters. The van der Waals surface area contributed by atoms with Crippen molar-refractivity contribution in [2.45, 2.75) is 13.8 Å². The number of urea groups is 1. The first kappa shape index (κ1) is 15.6. The van der Waals surface area contributed by atoms with Gasteiger partial charge < -0.3 is 15.4 Å². The third-order valence-electron chi connectivity index (χ3n) is 2.79. The molecule has 2 amide bonds. The van der Waals surface area contributed by atoms with Crippen LogP contribution in [0.1, 0.15) is 12.6 Å². The molecular weight excluding hydrogens is 282 g/mol. The van der Waals surface area contributed by atoms with Crippen LogP contribution in [0.15, 0.2) is 30.3 Å². The number of aryl methyl sites for hydroxylation is 1. The second kappa shape index (κ2) is 7.26. The summed E-state index contributed by atoms with van der Waals surface area (Å²) in [5, 5.41) is 8.41. The van der Waals surface area contributed by atoms with Crippen LogP contribution in [0.25, 0.3) is 0 Å². The van der Waals surface area contributed by atoms with Gasteiger partial charge in [0, 0.05) is 24.0 Å². The van der Waals surface area contributed by atoms with Crippen LogP contribution in [0.5, 0.6) is 5.75 Å². The highest BCUT2D eigenvalue weighted by Gasteiger charge is 2.07. The fraction of sp³-hybridized carbons (Fsp3) is 0.267. The molecule has 7 nitrogen and oxygen atoms in total. The number of anilines is 3. The standard InChI is InChI=1S/C15H19N5O2/c1-4-16-13-9-10(2)17-14(19-13)20-15(21)18-11-5-7-12(22-3)8-6-11/h5-9H,4H2,1-3H3,(H3,16,17,18,19,20,21). The molecule has 0 fully saturated rings. The molecule has 0 aliphatic rings. The van der Waals surface area contributed by atoms with Crippen molar-refractivity contribution in [2.24, 2.45) is 0 Å². The number of ether oxygens (including phenoxy) is 1. The minimum absolute atomic E-state index is 0.252. The maximum Gasteiger partial charge on any atom is 0.326 e. The number of rotatable bonds is 5. The van der Waals surface area contributed by atoms with Gasteiger partial charge in [0.2, 0.25) is 5.95 Å². The van der Waals surface area contributed by atoms with Crippen LogP contribution in [0.3, 0.4) is 0 Å².